The van der Waals surface area contributed by atoms with E-state index >= 15 is 0 Å². The van der Waals surface area contributed by atoms with Gasteiger partial charge in [-0.05, 0) is 38.5 Å². The van der Waals surface area contributed by atoms with Crippen LogP contribution in [0.2, 0.25) is 0 Å². The van der Waals surface area contributed by atoms with Gasteiger partial charge in [-0.1, -0.05) is 42.0 Å². The lowest BCUT2D eigenvalue weighted by Crippen LogP contribution is -2.34. The Hall–Kier alpha value is -2.67. The van der Waals surface area contributed by atoms with Crippen molar-refractivity contribution in [1.82, 2.24) is 4.31 Å². The van der Waals surface area contributed by atoms with E-state index in [9.17, 15) is 13.2 Å². The van der Waals surface area contributed by atoms with Crippen LogP contribution in [-0.2, 0) is 14.8 Å². The number of carbonyl (C=O) groups excluding carboxylic acids is 1. The second-order valence-electron chi connectivity index (χ2n) is 6.36. The van der Waals surface area contributed by atoms with Gasteiger partial charge in [0.15, 0.2) is 0 Å². The predicted octanol–water partition coefficient (Wildman–Crippen LogP) is 3.34. The summed E-state index contributed by atoms with van der Waals surface area (Å²) in [6, 6.07) is 13.7. The first-order valence-corrected chi connectivity index (χ1v) is 10.2. The molecule has 1 aliphatic rings. The number of carbonyl (C=O) groups is 1. The second kappa shape index (κ2) is 7.52. The number of benzene rings is 2. The third-order valence-electron chi connectivity index (χ3n) is 4.42. The summed E-state index contributed by atoms with van der Waals surface area (Å²) in [6.45, 7) is 5.71. The van der Waals surface area contributed by atoms with E-state index in [0.29, 0.717) is 5.84 Å². The standard InChI is InChI=1S/C20H22N2O4S/c1-4-26-20(23)17-10-5-6-11-19(17)27(24,25)22-13-18(21-15(22)3)16-9-7-8-14(2)12-16/h5-12,18H,4,13H2,1-3H3. The first-order valence-electron chi connectivity index (χ1n) is 8.74. The lowest BCUT2D eigenvalue weighted by Gasteiger charge is -2.21. The van der Waals surface area contributed by atoms with Gasteiger partial charge in [-0.3, -0.25) is 9.30 Å². The molecule has 0 aliphatic carbocycles. The van der Waals surface area contributed by atoms with Gasteiger partial charge >= 0.3 is 5.97 Å². The number of ether oxygens (including phenoxy) is 1. The quantitative estimate of drug-likeness (QED) is 0.739. The molecule has 0 amide bonds. The zero-order valence-electron chi connectivity index (χ0n) is 15.5. The highest BCUT2D eigenvalue weighted by Crippen LogP contribution is 2.31. The van der Waals surface area contributed by atoms with E-state index in [1.165, 1.54) is 16.4 Å². The molecule has 1 unspecified atom stereocenters. The lowest BCUT2D eigenvalue weighted by atomic mass is 10.1. The molecule has 2 aromatic carbocycles. The van der Waals surface area contributed by atoms with E-state index in [1.807, 2.05) is 31.2 Å². The molecule has 0 N–H and O–H groups in total. The predicted molar refractivity (Wildman–Crippen MR) is 103 cm³/mol. The van der Waals surface area contributed by atoms with Crippen LogP contribution in [0, 0.1) is 6.92 Å². The molecule has 142 valence electrons. The molecule has 0 saturated carbocycles. The van der Waals surface area contributed by atoms with E-state index in [-0.39, 0.29) is 29.7 Å². The minimum Gasteiger partial charge on any atom is -0.462 e. The molecule has 6 nitrogen and oxygen atoms in total. The van der Waals surface area contributed by atoms with Gasteiger partial charge in [0, 0.05) is 0 Å². The highest BCUT2D eigenvalue weighted by Gasteiger charge is 2.35. The van der Waals surface area contributed by atoms with Gasteiger partial charge in [-0.2, -0.15) is 0 Å². The van der Waals surface area contributed by atoms with Crippen LogP contribution in [0.1, 0.15) is 41.4 Å². The molecule has 0 saturated heterocycles. The van der Waals surface area contributed by atoms with Crippen LogP contribution in [0.5, 0.6) is 0 Å². The van der Waals surface area contributed by atoms with Gasteiger partial charge in [0.1, 0.15) is 10.7 Å². The summed E-state index contributed by atoms with van der Waals surface area (Å²) in [4.78, 5) is 16.7. The maximum absolute atomic E-state index is 13.3. The van der Waals surface area contributed by atoms with Crippen LogP contribution in [0.15, 0.2) is 58.4 Å². The minimum absolute atomic E-state index is 0.0335. The summed E-state index contributed by atoms with van der Waals surface area (Å²) in [5, 5.41) is 0. The maximum Gasteiger partial charge on any atom is 0.339 e. The van der Waals surface area contributed by atoms with Gasteiger partial charge in [0.05, 0.1) is 24.8 Å². The Kier molecular flexibility index (Phi) is 5.32. The first kappa shape index (κ1) is 19.1. The lowest BCUT2D eigenvalue weighted by molar-refractivity contribution is 0.0521. The third-order valence-corrected chi connectivity index (χ3v) is 6.33. The molecule has 2 aromatic rings. The number of rotatable bonds is 5. The Morgan fingerprint density at radius 2 is 1.93 bits per heavy atom. The largest absolute Gasteiger partial charge is 0.462 e. The van der Waals surface area contributed by atoms with Gasteiger partial charge in [-0.15, -0.1) is 0 Å². The fourth-order valence-corrected chi connectivity index (χ4v) is 4.79. The molecular formula is C20H22N2O4S. The number of esters is 1. The molecular weight excluding hydrogens is 364 g/mol. The van der Waals surface area contributed by atoms with Crippen LogP contribution in [-0.4, -0.2) is 37.7 Å². The Balaban J connectivity index is 1.95. The molecule has 0 bridgehead atoms. The monoisotopic (exact) mass is 386 g/mol. The summed E-state index contributed by atoms with van der Waals surface area (Å²) in [6.07, 6.45) is 0. The molecule has 7 heteroatoms. The summed E-state index contributed by atoms with van der Waals surface area (Å²) >= 11 is 0. The molecule has 1 atom stereocenters. The van der Waals surface area contributed by atoms with Crippen LogP contribution in [0.3, 0.4) is 0 Å². The average molecular weight is 386 g/mol. The van der Waals surface area contributed by atoms with Crippen LogP contribution in [0.4, 0.5) is 0 Å². The summed E-state index contributed by atoms with van der Waals surface area (Å²) in [7, 11) is -3.93. The highest BCUT2D eigenvalue weighted by atomic mass is 32.2. The molecule has 0 spiro atoms. The number of aliphatic imine (C=N–C) groups is 1. The Labute approximate surface area is 159 Å². The SMILES string of the molecule is CCOC(=O)c1ccccc1S(=O)(=O)N1CC(c2cccc(C)c2)N=C1C. The topological polar surface area (TPSA) is 76.0 Å². The second-order valence-corrected chi connectivity index (χ2v) is 8.19. The van der Waals surface area contributed by atoms with Crippen molar-refractivity contribution in [3.63, 3.8) is 0 Å². The van der Waals surface area contributed by atoms with Crippen LogP contribution in [0.25, 0.3) is 0 Å². The number of hydrogen-bond donors (Lipinski definition) is 0. The van der Waals surface area contributed by atoms with E-state index in [2.05, 4.69) is 4.99 Å². The molecule has 0 aromatic heterocycles. The number of nitrogens with zero attached hydrogens (tertiary/aromatic N) is 2. The molecule has 0 radical (unpaired) electrons. The Morgan fingerprint density at radius 1 is 1.19 bits per heavy atom. The fourth-order valence-electron chi connectivity index (χ4n) is 3.14. The van der Waals surface area contributed by atoms with Crippen molar-refractivity contribution in [3.8, 4) is 0 Å². The Morgan fingerprint density at radius 3 is 2.63 bits per heavy atom. The van der Waals surface area contributed by atoms with Crippen molar-refractivity contribution in [2.45, 2.75) is 31.7 Å². The highest BCUT2D eigenvalue weighted by molar-refractivity contribution is 7.89. The minimum atomic E-state index is -3.93. The summed E-state index contributed by atoms with van der Waals surface area (Å²) < 4.78 is 32.8. The molecule has 27 heavy (non-hydrogen) atoms. The zero-order valence-corrected chi connectivity index (χ0v) is 16.4. The van der Waals surface area contributed by atoms with Crippen LogP contribution < -0.4 is 0 Å². The van der Waals surface area contributed by atoms with Crippen molar-refractivity contribution < 1.29 is 17.9 Å². The van der Waals surface area contributed by atoms with E-state index in [0.717, 1.165) is 11.1 Å². The third kappa shape index (κ3) is 3.73. The van der Waals surface area contributed by atoms with E-state index < -0.39 is 16.0 Å². The van der Waals surface area contributed by atoms with Gasteiger partial charge in [0.2, 0.25) is 0 Å². The van der Waals surface area contributed by atoms with E-state index in [4.69, 9.17) is 4.74 Å². The van der Waals surface area contributed by atoms with Gasteiger partial charge < -0.3 is 4.74 Å². The number of hydrogen-bond acceptors (Lipinski definition) is 5. The van der Waals surface area contributed by atoms with Crippen LogP contribution >= 0.6 is 0 Å². The zero-order chi connectivity index (χ0) is 19.6. The molecule has 1 aliphatic heterocycles. The molecule has 0 fully saturated rings. The normalized spacial score (nSPS) is 16.9. The van der Waals surface area contributed by atoms with E-state index in [1.54, 1.807) is 26.0 Å². The number of sulfonamides is 1. The molecule has 3 rings (SSSR count). The van der Waals surface area contributed by atoms with Gasteiger partial charge in [0.25, 0.3) is 10.0 Å². The van der Waals surface area contributed by atoms with Gasteiger partial charge in [-0.25, -0.2) is 13.2 Å². The Bertz CT molecular complexity index is 999. The number of aryl methyl sites for hydroxylation is 1. The first-order chi connectivity index (χ1) is 12.8. The molecule has 1 heterocycles. The van der Waals surface area contributed by atoms with Crippen molar-refractivity contribution in [3.05, 3.63) is 65.2 Å². The smallest absolute Gasteiger partial charge is 0.339 e. The summed E-state index contributed by atoms with van der Waals surface area (Å²) in [5.41, 5.74) is 2.09. The van der Waals surface area contributed by atoms with Crippen molar-refractivity contribution in [1.29, 1.82) is 0 Å². The van der Waals surface area contributed by atoms with Crippen molar-refractivity contribution >= 4 is 21.8 Å². The summed E-state index contributed by atoms with van der Waals surface area (Å²) in [5.74, 6) is -0.249. The number of amidine groups is 1. The van der Waals surface area contributed by atoms with Crippen molar-refractivity contribution in [2.24, 2.45) is 4.99 Å². The van der Waals surface area contributed by atoms with Crippen molar-refractivity contribution in [2.75, 3.05) is 13.2 Å². The fraction of sp³-hybridized carbons (Fsp3) is 0.300. The average Bonchev–Trinajstić information content (AvgIpc) is 3.04. The maximum atomic E-state index is 13.3.